The lowest BCUT2D eigenvalue weighted by molar-refractivity contribution is -0.138. The molecule has 0 spiro atoms. The van der Waals surface area contributed by atoms with E-state index in [0.29, 0.717) is 0 Å². The fourth-order valence-electron chi connectivity index (χ4n) is 0.670. The third-order valence-electron chi connectivity index (χ3n) is 1.40. The molecule has 92 valence electrons. The van der Waals surface area contributed by atoms with Crippen molar-refractivity contribution in [2.24, 2.45) is 0 Å². The number of nitrogens with one attached hydrogen (secondary N) is 1. The van der Waals surface area contributed by atoms with E-state index in [1.165, 1.54) is 0 Å². The first kappa shape index (κ1) is 13.0. The molecule has 1 rings (SSSR count). The summed E-state index contributed by atoms with van der Waals surface area (Å²) in [5.41, 5.74) is 0. The number of halogens is 5. The predicted octanol–water partition coefficient (Wildman–Crippen LogP) is 1.60. The molecule has 0 amide bonds. The zero-order chi connectivity index (χ0) is 12.4. The molecule has 0 atom stereocenters. The van der Waals surface area contributed by atoms with Gasteiger partial charge >= 0.3 is 6.18 Å². The lowest BCUT2D eigenvalue weighted by Crippen LogP contribution is -2.30. The van der Waals surface area contributed by atoms with E-state index in [9.17, 15) is 22.0 Å². The van der Waals surface area contributed by atoms with E-state index in [2.05, 4.69) is 10.2 Å². The number of hydrogen-bond acceptors (Lipinski definition) is 5. The second-order valence-corrected chi connectivity index (χ2v) is 3.76. The van der Waals surface area contributed by atoms with Crippen LogP contribution in [0.1, 0.15) is 5.01 Å². The fourth-order valence-corrected chi connectivity index (χ4v) is 1.28. The maximum atomic E-state index is 12.5. The Morgan fingerprint density at radius 1 is 1.19 bits per heavy atom. The number of anilines is 1. The summed E-state index contributed by atoms with van der Waals surface area (Å²) in [6, 6.07) is 0. The van der Waals surface area contributed by atoms with Crippen LogP contribution in [0.3, 0.4) is 0 Å². The number of aliphatic hydroxyl groups excluding tert-OH is 1. The van der Waals surface area contributed by atoms with Crippen molar-refractivity contribution in [3.8, 4) is 0 Å². The molecular weight excluding hydrogens is 257 g/mol. The monoisotopic (exact) mass is 263 g/mol. The normalized spacial score (nSPS) is 12.9. The summed E-state index contributed by atoms with van der Waals surface area (Å²) in [6.07, 6.45) is -4.64. The van der Waals surface area contributed by atoms with Crippen molar-refractivity contribution < 1.29 is 27.1 Å². The van der Waals surface area contributed by atoms with Gasteiger partial charge in [0.1, 0.15) is 6.61 Å². The predicted molar refractivity (Wildman–Crippen MR) is 45.4 cm³/mol. The van der Waals surface area contributed by atoms with Gasteiger partial charge < -0.3 is 10.4 Å². The van der Waals surface area contributed by atoms with Crippen molar-refractivity contribution in [2.45, 2.75) is 12.1 Å². The maximum Gasteiger partial charge on any atom is 0.445 e. The molecule has 0 radical (unpaired) electrons. The first-order valence-corrected chi connectivity index (χ1v) is 4.69. The molecule has 0 saturated carbocycles. The van der Waals surface area contributed by atoms with Crippen LogP contribution in [-0.2, 0) is 6.18 Å². The van der Waals surface area contributed by atoms with E-state index in [1.54, 1.807) is 0 Å². The first-order valence-electron chi connectivity index (χ1n) is 3.88. The van der Waals surface area contributed by atoms with Crippen molar-refractivity contribution in [3.05, 3.63) is 5.01 Å². The molecule has 0 unspecified atom stereocenters. The Kier molecular flexibility index (Phi) is 3.63. The van der Waals surface area contributed by atoms with Gasteiger partial charge in [0, 0.05) is 0 Å². The second kappa shape index (κ2) is 4.45. The first-order chi connectivity index (χ1) is 7.24. The van der Waals surface area contributed by atoms with E-state index in [0.717, 1.165) is 0 Å². The molecule has 0 aliphatic carbocycles. The summed E-state index contributed by atoms with van der Waals surface area (Å²) in [6.45, 7) is -2.40. The van der Waals surface area contributed by atoms with Gasteiger partial charge in [0.05, 0.1) is 6.54 Å². The molecule has 0 fully saturated rings. The van der Waals surface area contributed by atoms with Crippen LogP contribution in [0.2, 0.25) is 0 Å². The average molecular weight is 263 g/mol. The topological polar surface area (TPSA) is 58.0 Å². The zero-order valence-electron chi connectivity index (χ0n) is 7.55. The zero-order valence-corrected chi connectivity index (χ0v) is 8.37. The smallest absolute Gasteiger partial charge is 0.390 e. The van der Waals surface area contributed by atoms with Crippen LogP contribution < -0.4 is 5.32 Å². The standard InChI is InChI=1S/C6H6F5N3OS/c7-5(8,2-15)1-12-4-14-13-3(16-4)6(9,10)11/h15H,1-2H2,(H,12,14). The molecule has 1 aromatic heterocycles. The molecule has 0 aliphatic rings. The molecule has 16 heavy (non-hydrogen) atoms. The minimum Gasteiger partial charge on any atom is -0.390 e. The molecule has 2 N–H and O–H groups in total. The summed E-state index contributed by atoms with van der Waals surface area (Å²) in [5, 5.41) is 14.4. The van der Waals surface area contributed by atoms with Crippen molar-refractivity contribution in [2.75, 3.05) is 18.5 Å². The Morgan fingerprint density at radius 2 is 1.81 bits per heavy atom. The van der Waals surface area contributed by atoms with Gasteiger partial charge in [-0.25, -0.2) is 8.78 Å². The molecule has 1 aromatic rings. The Morgan fingerprint density at radius 3 is 2.25 bits per heavy atom. The third-order valence-corrected chi connectivity index (χ3v) is 2.32. The van der Waals surface area contributed by atoms with Gasteiger partial charge in [-0.3, -0.25) is 0 Å². The van der Waals surface area contributed by atoms with E-state index >= 15 is 0 Å². The lowest BCUT2D eigenvalue weighted by atomic mass is 10.4. The van der Waals surface area contributed by atoms with Crippen molar-refractivity contribution in [3.63, 3.8) is 0 Å². The largest absolute Gasteiger partial charge is 0.445 e. The summed E-state index contributed by atoms with van der Waals surface area (Å²) >= 11 is 0.118. The number of nitrogens with zero attached hydrogens (tertiary/aromatic N) is 2. The van der Waals surface area contributed by atoms with Gasteiger partial charge in [-0.05, 0) is 0 Å². The minimum atomic E-state index is -4.64. The SMILES string of the molecule is OCC(F)(F)CNc1nnc(C(F)(F)F)s1. The summed E-state index contributed by atoms with van der Waals surface area (Å²) in [7, 11) is 0. The van der Waals surface area contributed by atoms with E-state index in [4.69, 9.17) is 5.11 Å². The highest BCUT2D eigenvalue weighted by molar-refractivity contribution is 7.15. The summed E-state index contributed by atoms with van der Waals surface area (Å²) in [4.78, 5) is 0. The number of aliphatic hydroxyl groups is 1. The second-order valence-electron chi connectivity index (χ2n) is 2.78. The average Bonchev–Trinajstić information content (AvgIpc) is 2.63. The molecule has 0 saturated heterocycles. The highest BCUT2D eigenvalue weighted by atomic mass is 32.1. The van der Waals surface area contributed by atoms with Gasteiger partial charge in [-0.15, -0.1) is 10.2 Å². The maximum absolute atomic E-state index is 12.5. The van der Waals surface area contributed by atoms with Crippen LogP contribution in [0.15, 0.2) is 0 Å². The fraction of sp³-hybridized carbons (Fsp3) is 0.667. The van der Waals surface area contributed by atoms with Crippen molar-refractivity contribution in [1.29, 1.82) is 0 Å². The molecule has 10 heteroatoms. The van der Waals surface area contributed by atoms with E-state index in [1.807, 2.05) is 5.32 Å². The van der Waals surface area contributed by atoms with Gasteiger partial charge in [-0.2, -0.15) is 13.2 Å². The Bertz CT molecular complexity index is 352. The van der Waals surface area contributed by atoms with E-state index in [-0.39, 0.29) is 16.5 Å². The number of aromatic nitrogens is 2. The van der Waals surface area contributed by atoms with E-state index < -0.39 is 30.3 Å². The van der Waals surface area contributed by atoms with Crippen LogP contribution in [0.25, 0.3) is 0 Å². The molecule has 0 aromatic carbocycles. The molecule has 1 heterocycles. The van der Waals surface area contributed by atoms with Gasteiger partial charge in [-0.1, -0.05) is 11.3 Å². The van der Waals surface area contributed by atoms with Crippen LogP contribution in [0, 0.1) is 0 Å². The third kappa shape index (κ3) is 3.52. The number of rotatable bonds is 4. The molecule has 4 nitrogen and oxygen atoms in total. The van der Waals surface area contributed by atoms with Gasteiger partial charge in [0.15, 0.2) is 0 Å². The number of hydrogen-bond donors (Lipinski definition) is 2. The van der Waals surface area contributed by atoms with Crippen molar-refractivity contribution >= 4 is 16.5 Å². The van der Waals surface area contributed by atoms with Crippen LogP contribution in [0.5, 0.6) is 0 Å². The van der Waals surface area contributed by atoms with Crippen LogP contribution in [0.4, 0.5) is 27.1 Å². The highest BCUT2D eigenvalue weighted by Gasteiger charge is 2.36. The van der Waals surface area contributed by atoms with Gasteiger partial charge in [0.25, 0.3) is 5.92 Å². The molecular formula is C6H6F5N3OS. The van der Waals surface area contributed by atoms with Gasteiger partial charge in [0.2, 0.25) is 10.1 Å². The van der Waals surface area contributed by atoms with Crippen LogP contribution in [-0.4, -0.2) is 34.4 Å². The summed E-state index contributed by atoms with van der Waals surface area (Å²) < 4.78 is 61.1. The minimum absolute atomic E-state index is 0.118. The summed E-state index contributed by atoms with van der Waals surface area (Å²) in [5.74, 6) is -3.41. The Balaban J connectivity index is 2.60. The van der Waals surface area contributed by atoms with Crippen molar-refractivity contribution in [1.82, 2.24) is 10.2 Å². The van der Waals surface area contributed by atoms with Crippen LogP contribution >= 0.6 is 11.3 Å². The quantitative estimate of drug-likeness (QED) is 0.810. The highest BCUT2D eigenvalue weighted by Crippen LogP contribution is 2.33. The molecule has 0 aliphatic heterocycles. The Hall–Kier alpha value is -1.03. The lowest BCUT2D eigenvalue weighted by Gasteiger charge is -2.12. The number of alkyl halides is 5. The Labute approximate surface area is 90.1 Å². The molecule has 0 bridgehead atoms.